The van der Waals surface area contributed by atoms with Gasteiger partial charge in [-0.25, -0.2) is 15.0 Å². The molecule has 4 heteroatoms. The Balaban J connectivity index is 0.845. The number of para-hydroxylation sites is 3. The lowest BCUT2D eigenvalue weighted by Gasteiger charge is -2.30. The van der Waals surface area contributed by atoms with Crippen molar-refractivity contribution in [2.45, 2.75) is 5.41 Å². The fourth-order valence-corrected chi connectivity index (χ4v) is 11.3. The Morgan fingerprint density at radius 3 is 1.53 bits per heavy atom. The first kappa shape index (κ1) is 35.2. The van der Waals surface area contributed by atoms with Crippen LogP contribution in [0.5, 0.6) is 0 Å². The Morgan fingerprint density at radius 1 is 0.359 bits per heavy atom. The Hall–Kier alpha value is -8.47. The Kier molecular flexibility index (Phi) is 7.29. The molecule has 0 atom stereocenters. The van der Waals surface area contributed by atoms with Crippen LogP contribution in [0.1, 0.15) is 22.3 Å². The second kappa shape index (κ2) is 13.3. The van der Waals surface area contributed by atoms with Gasteiger partial charge >= 0.3 is 0 Å². The van der Waals surface area contributed by atoms with Crippen LogP contribution >= 0.6 is 0 Å². The standard InChI is InChI=1S/C60H36N4/c1-7-19-49-42(13-1)43-14-2-8-20-50(43)60(49)51-21-9-3-17-46(51)57-52(60)34-33-48-56(57)47-18-4-10-22-53(47)63-58(48)38-25-27-39(28-26-38)59-61-35-40(36-62-59)37-29-31-41(32-30-37)64-54-23-11-5-15-44(54)45-16-6-12-24-55(45)64/h1-36H. The third-order valence-electron chi connectivity index (χ3n) is 13.9. The van der Waals surface area contributed by atoms with Crippen LogP contribution in [-0.2, 0) is 5.41 Å². The number of pyridine rings is 1. The molecule has 0 radical (unpaired) electrons. The number of nitrogens with zero attached hydrogens (tertiary/aromatic N) is 4. The van der Waals surface area contributed by atoms with Crippen molar-refractivity contribution in [2.75, 3.05) is 0 Å². The summed E-state index contributed by atoms with van der Waals surface area (Å²) in [7, 11) is 0. The second-order valence-electron chi connectivity index (χ2n) is 17.1. The van der Waals surface area contributed by atoms with Crippen LogP contribution < -0.4 is 0 Å². The minimum absolute atomic E-state index is 0.411. The maximum atomic E-state index is 5.38. The van der Waals surface area contributed by atoms with Gasteiger partial charge in [0.15, 0.2) is 5.82 Å². The lowest BCUT2D eigenvalue weighted by Crippen LogP contribution is -2.25. The summed E-state index contributed by atoms with van der Waals surface area (Å²) in [5, 5.41) is 6.06. The van der Waals surface area contributed by atoms with E-state index >= 15 is 0 Å². The van der Waals surface area contributed by atoms with Gasteiger partial charge in [0.2, 0.25) is 0 Å². The first-order valence-corrected chi connectivity index (χ1v) is 21.9. The van der Waals surface area contributed by atoms with Gasteiger partial charge in [0.05, 0.1) is 27.7 Å². The molecule has 3 heterocycles. The molecule has 3 aromatic heterocycles. The van der Waals surface area contributed by atoms with Gasteiger partial charge < -0.3 is 4.57 Å². The number of aromatic nitrogens is 4. The molecule has 4 nitrogen and oxygen atoms in total. The Bertz CT molecular complexity index is 3780. The largest absolute Gasteiger partial charge is 0.309 e. The molecule has 0 N–H and O–H groups in total. The predicted octanol–water partition coefficient (Wildman–Crippen LogP) is 14.6. The van der Waals surface area contributed by atoms with Gasteiger partial charge in [-0.3, -0.25) is 0 Å². The number of benzene rings is 9. The quantitative estimate of drug-likeness (QED) is 0.166. The molecular formula is C60H36N4. The van der Waals surface area contributed by atoms with Gasteiger partial charge in [-0.05, 0) is 80.4 Å². The molecular weight excluding hydrogens is 777 g/mol. The van der Waals surface area contributed by atoms with Crippen LogP contribution in [0.15, 0.2) is 219 Å². The highest BCUT2D eigenvalue weighted by molar-refractivity contribution is 6.20. The topological polar surface area (TPSA) is 43.6 Å². The monoisotopic (exact) mass is 812 g/mol. The highest BCUT2D eigenvalue weighted by Gasteiger charge is 2.52. The zero-order valence-corrected chi connectivity index (χ0v) is 34.6. The molecule has 14 rings (SSSR count). The molecule has 0 amide bonds. The highest BCUT2D eigenvalue weighted by Crippen LogP contribution is 2.64. The third kappa shape index (κ3) is 4.74. The summed E-state index contributed by atoms with van der Waals surface area (Å²) in [5.74, 6) is 0.686. The molecule has 296 valence electrons. The molecule has 0 bridgehead atoms. The molecule has 2 aliphatic rings. The molecule has 9 aromatic carbocycles. The van der Waals surface area contributed by atoms with Gasteiger partial charge in [0, 0.05) is 61.7 Å². The average molecular weight is 813 g/mol. The molecule has 0 aliphatic heterocycles. The van der Waals surface area contributed by atoms with Crippen LogP contribution in [0.4, 0.5) is 0 Å². The third-order valence-corrected chi connectivity index (χ3v) is 13.9. The van der Waals surface area contributed by atoms with E-state index in [4.69, 9.17) is 15.0 Å². The Labute approximate surface area is 369 Å². The SMILES string of the molecule is c1ccc2c(c1)-c1ccccc1C21c2ccccc2-c2c1ccc1c(-c3ccc(-c4ncc(-c5ccc(-n6c7ccccc7c7ccccc76)cc5)cn4)cc3)nc3ccccc3c21. The minimum Gasteiger partial charge on any atom is -0.309 e. The molecule has 0 saturated heterocycles. The summed E-state index contributed by atoms with van der Waals surface area (Å²) >= 11 is 0. The number of fused-ring (bicyclic) bond motifs is 17. The van der Waals surface area contributed by atoms with Crippen molar-refractivity contribution >= 4 is 43.5 Å². The van der Waals surface area contributed by atoms with Crippen molar-refractivity contribution in [3.63, 3.8) is 0 Å². The minimum atomic E-state index is -0.411. The van der Waals surface area contributed by atoms with Crippen molar-refractivity contribution in [3.8, 4) is 61.7 Å². The summed E-state index contributed by atoms with van der Waals surface area (Å²) in [6.07, 6.45) is 3.85. The molecule has 0 saturated carbocycles. The van der Waals surface area contributed by atoms with Gasteiger partial charge in [-0.15, -0.1) is 0 Å². The zero-order chi connectivity index (χ0) is 41.9. The zero-order valence-electron chi connectivity index (χ0n) is 34.6. The normalized spacial score (nSPS) is 13.1. The van der Waals surface area contributed by atoms with Gasteiger partial charge in [-0.2, -0.15) is 0 Å². The first-order valence-electron chi connectivity index (χ1n) is 21.9. The highest BCUT2D eigenvalue weighted by atomic mass is 15.0. The summed E-state index contributed by atoms with van der Waals surface area (Å²) < 4.78 is 2.34. The summed E-state index contributed by atoms with van der Waals surface area (Å²) in [4.78, 5) is 15.1. The summed E-state index contributed by atoms with van der Waals surface area (Å²) in [5.41, 5.74) is 19.7. The smallest absolute Gasteiger partial charge is 0.159 e. The van der Waals surface area contributed by atoms with E-state index in [0.29, 0.717) is 5.82 Å². The lowest BCUT2D eigenvalue weighted by molar-refractivity contribution is 0.794. The summed E-state index contributed by atoms with van der Waals surface area (Å²) in [6.45, 7) is 0. The fraction of sp³-hybridized carbons (Fsp3) is 0.0167. The molecule has 1 spiro atoms. The molecule has 0 fully saturated rings. The van der Waals surface area contributed by atoms with E-state index in [1.165, 1.54) is 71.7 Å². The van der Waals surface area contributed by atoms with E-state index in [1.54, 1.807) is 0 Å². The van der Waals surface area contributed by atoms with E-state index in [1.807, 2.05) is 12.4 Å². The van der Waals surface area contributed by atoms with Gasteiger partial charge in [0.25, 0.3) is 0 Å². The van der Waals surface area contributed by atoms with E-state index in [0.717, 1.165) is 49.9 Å². The maximum absolute atomic E-state index is 5.38. The predicted molar refractivity (Wildman–Crippen MR) is 262 cm³/mol. The van der Waals surface area contributed by atoms with Crippen LogP contribution in [-0.4, -0.2) is 19.5 Å². The van der Waals surface area contributed by atoms with Crippen LogP contribution in [0.25, 0.3) is 105 Å². The molecule has 12 aromatic rings. The van der Waals surface area contributed by atoms with Crippen LogP contribution in [0.2, 0.25) is 0 Å². The van der Waals surface area contributed by atoms with Crippen molar-refractivity contribution in [1.29, 1.82) is 0 Å². The second-order valence-corrected chi connectivity index (χ2v) is 17.1. The van der Waals surface area contributed by atoms with Gasteiger partial charge in [0.1, 0.15) is 0 Å². The van der Waals surface area contributed by atoms with Crippen molar-refractivity contribution in [1.82, 2.24) is 19.5 Å². The van der Waals surface area contributed by atoms with Crippen molar-refractivity contribution in [3.05, 3.63) is 241 Å². The lowest BCUT2D eigenvalue weighted by atomic mass is 9.70. The van der Waals surface area contributed by atoms with Crippen LogP contribution in [0.3, 0.4) is 0 Å². The van der Waals surface area contributed by atoms with Gasteiger partial charge in [-0.1, -0.05) is 176 Å². The molecule has 64 heavy (non-hydrogen) atoms. The van der Waals surface area contributed by atoms with Crippen molar-refractivity contribution < 1.29 is 0 Å². The average Bonchev–Trinajstić information content (AvgIpc) is 3.98. The number of hydrogen-bond donors (Lipinski definition) is 0. The number of hydrogen-bond acceptors (Lipinski definition) is 3. The van der Waals surface area contributed by atoms with E-state index in [-0.39, 0.29) is 0 Å². The van der Waals surface area contributed by atoms with E-state index in [9.17, 15) is 0 Å². The van der Waals surface area contributed by atoms with Crippen LogP contribution in [0, 0.1) is 0 Å². The Morgan fingerprint density at radius 2 is 0.875 bits per heavy atom. The number of rotatable bonds is 4. The fourth-order valence-electron chi connectivity index (χ4n) is 11.3. The van der Waals surface area contributed by atoms with E-state index in [2.05, 4.69) is 211 Å². The van der Waals surface area contributed by atoms with E-state index < -0.39 is 5.41 Å². The summed E-state index contributed by atoms with van der Waals surface area (Å²) in [6, 6.07) is 74.9. The van der Waals surface area contributed by atoms with Crippen molar-refractivity contribution in [2.24, 2.45) is 0 Å². The first-order chi connectivity index (χ1) is 31.8. The molecule has 0 unspecified atom stereocenters. The molecule has 2 aliphatic carbocycles. The maximum Gasteiger partial charge on any atom is 0.159 e.